The van der Waals surface area contributed by atoms with Gasteiger partial charge in [0.2, 0.25) is 0 Å². The maximum Gasteiger partial charge on any atom is 0.407 e. The van der Waals surface area contributed by atoms with Crippen LogP contribution in [0.3, 0.4) is 0 Å². The predicted molar refractivity (Wildman–Crippen MR) is 60.8 cm³/mol. The highest BCUT2D eigenvalue weighted by molar-refractivity contribution is 5.68. The van der Waals surface area contributed by atoms with E-state index in [1.165, 1.54) is 19.3 Å². The summed E-state index contributed by atoms with van der Waals surface area (Å²) in [5.74, 6) is 0.575. The maximum absolute atomic E-state index is 11.5. The van der Waals surface area contributed by atoms with Crippen LogP contribution in [0.2, 0.25) is 0 Å². The molecule has 0 aromatic rings. The monoisotopic (exact) mass is 213 g/mol. The lowest BCUT2D eigenvalue weighted by atomic mass is 9.86. The van der Waals surface area contributed by atoms with E-state index in [2.05, 4.69) is 12.2 Å². The molecule has 0 heterocycles. The Morgan fingerprint density at radius 2 is 1.87 bits per heavy atom. The standard InChI is InChI=1S/C12H23NO2/c1-9-7-5-6-8-10(9)13-11(14)15-12(2,3)4/h9-10H,5-8H2,1-4H3,(H,13,14)/t9-,10-/m0/s1. The molecule has 3 nitrogen and oxygen atoms in total. The van der Waals surface area contributed by atoms with Crippen molar-refractivity contribution in [1.29, 1.82) is 0 Å². The maximum atomic E-state index is 11.5. The molecular weight excluding hydrogens is 190 g/mol. The SMILES string of the molecule is C[C@H]1CCCC[C@@H]1NC(=O)OC(C)(C)C. The first-order chi connectivity index (χ1) is 6.88. The van der Waals surface area contributed by atoms with Gasteiger partial charge in [0.05, 0.1) is 0 Å². The third-order valence-electron chi connectivity index (χ3n) is 2.81. The van der Waals surface area contributed by atoms with Crippen LogP contribution in [-0.4, -0.2) is 17.7 Å². The largest absolute Gasteiger partial charge is 0.444 e. The van der Waals surface area contributed by atoms with Gasteiger partial charge in [0.1, 0.15) is 5.60 Å². The zero-order chi connectivity index (χ0) is 11.5. The lowest BCUT2D eigenvalue weighted by Gasteiger charge is -2.30. The molecule has 3 heteroatoms. The summed E-state index contributed by atoms with van der Waals surface area (Å²) in [6.45, 7) is 7.85. The van der Waals surface area contributed by atoms with Crippen LogP contribution >= 0.6 is 0 Å². The Morgan fingerprint density at radius 1 is 1.27 bits per heavy atom. The van der Waals surface area contributed by atoms with E-state index in [9.17, 15) is 4.79 Å². The number of hydrogen-bond donors (Lipinski definition) is 1. The molecule has 1 fully saturated rings. The average molecular weight is 213 g/mol. The molecule has 88 valence electrons. The third-order valence-corrected chi connectivity index (χ3v) is 2.81. The summed E-state index contributed by atoms with van der Waals surface area (Å²) < 4.78 is 5.24. The molecule has 0 bridgehead atoms. The Kier molecular flexibility index (Phi) is 4.00. The lowest BCUT2D eigenvalue weighted by molar-refractivity contribution is 0.0473. The fourth-order valence-corrected chi connectivity index (χ4v) is 1.99. The normalized spacial score (nSPS) is 27.2. The minimum atomic E-state index is -0.401. The quantitative estimate of drug-likeness (QED) is 0.727. The van der Waals surface area contributed by atoms with E-state index in [0.717, 1.165) is 6.42 Å². The van der Waals surface area contributed by atoms with E-state index < -0.39 is 5.60 Å². The van der Waals surface area contributed by atoms with Crippen LogP contribution in [-0.2, 0) is 4.74 Å². The summed E-state index contributed by atoms with van der Waals surface area (Å²) in [4.78, 5) is 11.5. The van der Waals surface area contributed by atoms with Gasteiger partial charge in [-0.15, -0.1) is 0 Å². The van der Waals surface area contributed by atoms with E-state index >= 15 is 0 Å². The molecule has 1 N–H and O–H groups in total. The van der Waals surface area contributed by atoms with E-state index in [0.29, 0.717) is 12.0 Å². The van der Waals surface area contributed by atoms with E-state index in [1.54, 1.807) is 0 Å². The predicted octanol–water partition coefficient (Wildman–Crippen LogP) is 3.09. The van der Waals surface area contributed by atoms with E-state index in [-0.39, 0.29) is 6.09 Å². The second-order valence-electron chi connectivity index (χ2n) is 5.51. The molecule has 2 atom stereocenters. The summed E-state index contributed by atoms with van der Waals surface area (Å²) >= 11 is 0. The second-order valence-corrected chi connectivity index (χ2v) is 5.51. The fraction of sp³-hybridized carbons (Fsp3) is 0.917. The average Bonchev–Trinajstić information content (AvgIpc) is 2.05. The summed E-state index contributed by atoms with van der Waals surface area (Å²) in [5.41, 5.74) is -0.401. The lowest BCUT2D eigenvalue weighted by Crippen LogP contribution is -2.43. The Labute approximate surface area is 92.6 Å². The number of rotatable bonds is 1. The van der Waals surface area contributed by atoms with Crippen molar-refractivity contribution in [3.05, 3.63) is 0 Å². The number of amides is 1. The molecule has 1 aliphatic rings. The van der Waals surface area contributed by atoms with Crippen molar-refractivity contribution >= 4 is 6.09 Å². The molecule has 1 rings (SSSR count). The molecule has 15 heavy (non-hydrogen) atoms. The van der Waals surface area contributed by atoms with Crippen molar-refractivity contribution in [2.75, 3.05) is 0 Å². The number of carbonyl (C=O) groups is 1. The first-order valence-electron chi connectivity index (χ1n) is 5.88. The molecular formula is C12H23NO2. The molecule has 0 radical (unpaired) electrons. The van der Waals surface area contributed by atoms with Crippen molar-refractivity contribution in [2.24, 2.45) is 5.92 Å². The van der Waals surface area contributed by atoms with Gasteiger partial charge in [0, 0.05) is 6.04 Å². The summed E-state index contributed by atoms with van der Waals surface area (Å²) in [6, 6.07) is 0.300. The van der Waals surface area contributed by atoms with Gasteiger partial charge in [0.25, 0.3) is 0 Å². The van der Waals surface area contributed by atoms with Crippen molar-refractivity contribution in [1.82, 2.24) is 5.32 Å². The molecule has 1 aliphatic carbocycles. The summed E-state index contributed by atoms with van der Waals surface area (Å²) in [5, 5.41) is 2.96. The number of hydrogen-bond acceptors (Lipinski definition) is 2. The van der Waals surface area contributed by atoms with Crippen LogP contribution < -0.4 is 5.32 Å². The highest BCUT2D eigenvalue weighted by Gasteiger charge is 2.25. The van der Waals surface area contributed by atoms with Gasteiger partial charge in [0.15, 0.2) is 0 Å². The van der Waals surface area contributed by atoms with Crippen molar-refractivity contribution in [3.8, 4) is 0 Å². The van der Waals surface area contributed by atoms with Crippen molar-refractivity contribution in [2.45, 2.75) is 65.0 Å². The molecule has 0 aromatic carbocycles. The third kappa shape index (κ3) is 4.54. The van der Waals surface area contributed by atoms with Crippen LogP contribution in [0, 0.1) is 5.92 Å². The van der Waals surface area contributed by atoms with Crippen LogP contribution in [0.1, 0.15) is 53.4 Å². The molecule has 0 unspecified atom stereocenters. The zero-order valence-corrected chi connectivity index (χ0v) is 10.3. The van der Waals surface area contributed by atoms with Gasteiger partial charge in [-0.2, -0.15) is 0 Å². The van der Waals surface area contributed by atoms with Gasteiger partial charge < -0.3 is 10.1 Å². The van der Waals surface area contributed by atoms with Crippen LogP contribution in [0.4, 0.5) is 4.79 Å². The minimum Gasteiger partial charge on any atom is -0.444 e. The Morgan fingerprint density at radius 3 is 2.40 bits per heavy atom. The molecule has 0 aromatic heterocycles. The molecule has 1 amide bonds. The van der Waals surface area contributed by atoms with Gasteiger partial charge in [-0.1, -0.05) is 19.8 Å². The fourth-order valence-electron chi connectivity index (χ4n) is 1.99. The van der Waals surface area contributed by atoms with Crippen LogP contribution in [0.25, 0.3) is 0 Å². The van der Waals surface area contributed by atoms with Crippen LogP contribution in [0.5, 0.6) is 0 Å². The van der Waals surface area contributed by atoms with E-state index in [4.69, 9.17) is 4.74 Å². The second kappa shape index (κ2) is 4.86. The molecule has 1 saturated carbocycles. The number of alkyl carbamates (subject to hydrolysis) is 1. The first kappa shape index (κ1) is 12.3. The Balaban J connectivity index is 2.36. The summed E-state index contributed by atoms with van der Waals surface area (Å²) in [7, 11) is 0. The van der Waals surface area contributed by atoms with Gasteiger partial charge >= 0.3 is 6.09 Å². The molecule has 0 saturated heterocycles. The first-order valence-corrected chi connectivity index (χ1v) is 5.88. The van der Waals surface area contributed by atoms with Gasteiger partial charge in [-0.3, -0.25) is 0 Å². The minimum absolute atomic E-state index is 0.277. The Bertz CT molecular complexity index is 220. The van der Waals surface area contributed by atoms with E-state index in [1.807, 2.05) is 20.8 Å². The highest BCUT2D eigenvalue weighted by Crippen LogP contribution is 2.23. The smallest absolute Gasteiger partial charge is 0.407 e. The van der Waals surface area contributed by atoms with Crippen molar-refractivity contribution < 1.29 is 9.53 Å². The van der Waals surface area contributed by atoms with Crippen LogP contribution in [0.15, 0.2) is 0 Å². The van der Waals surface area contributed by atoms with Crippen molar-refractivity contribution in [3.63, 3.8) is 0 Å². The highest BCUT2D eigenvalue weighted by atomic mass is 16.6. The van der Waals surface area contributed by atoms with Gasteiger partial charge in [-0.05, 0) is 39.5 Å². The Hall–Kier alpha value is -0.730. The molecule has 0 spiro atoms. The topological polar surface area (TPSA) is 38.3 Å². The summed E-state index contributed by atoms with van der Waals surface area (Å²) in [6.07, 6.45) is 4.51. The number of carbonyl (C=O) groups excluding carboxylic acids is 1. The number of ether oxygens (including phenoxy) is 1. The zero-order valence-electron chi connectivity index (χ0n) is 10.3. The van der Waals surface area contributed by atoms with Gasteiger partial charge in [-0.25, -0.2) is 4.79 Å². The molecule has 0 aliphatic heterocycles. The number of nitrogens with one attached hydrogen (secondary N) is 1.